The van der Waals surface area contributed by atoms with Gasteiger partial charge in [-0.25, -0.2) is 4.79 Å². The second-order valence-corrected chi connectivity index (χ2v) is 6.58. The summed E-state index contributed by atoms with van der Waals surface area (Å²) in [5, 5.41) is 0. The number of aryl methyl sites for hydroxylation is 1. The van der Waals surface area contributed by atoms with E-state index < -0.39 is 0 Å². The molecule has 1 aromatic carbocycles. The average Bonchev–Trinajstić information content (AvgIpc) is 2.91. The zero-order valence-corrected chi connectivity index (χ0v) is 15.4. The first-order valence-corrected chi connectivity index (χ1v) is 8.89. The fourth-order valence-electron chi connectivity index (χ4n) is 3.20. The fourth-order valence-corrected chi connectivity index (χ4v) is 3.20. The minimum absolute atomic E-state index is 0.0259. The van der Waals surface area contributed by atoms with Gasteiger partial charge in [-0.05, 0) is 44.5 Å². The molecule has 136 valence electrons. The van der Waals surface area contributed by atoms with Crippen molar-refractivity contribution in [2.24, 2.45) is 0 Å². The van der Waals surface area contributed by atoms with E-state index in [2.05, 4.69) is 4.98 Å². The predicted octanol–water partition coefficient (Wildman–Crippen LogP) is 2.66. The highest BCUT2D eigenvalue weighted by Gasteiger charge is 2.21. The molecule has 0 fully saturated rings. The van der Waals surface area contributed by atoms with Crippen molar-refractivity contribution in [3.63, 3.8) is 0 Å². The first-order valence-electron chi connectivity index (χ1n) is 8.89. The Morgan fingerprint density at radius 1 is 1.12 bits per heavy atom. The van der Waals surface area contributed by atoms with Gasteiger partial charge in [-0.3, -0.25) is 18.9 Å². The molecule has 3 aromatic rings. The molecule has 3 rings (SSSR count). The Morgan fingerprint density at radius 3 is 2.38 bits per heavy atom. The molecule has 0 unspecified atom stereocenters. The number of amides is 1. The van der Waals surface area contributed by atoms with Gasteiger partial charge in [0.05, 0.1) is 11.0 Å². The van der Waals surface area contributed by atoms with E-state index in [9.17, 15) is 9.59 Å². The van der Waals surface area contributed by atoms with Crippen molar-refractivity contribution in [2.75, 3.05) is 0 Å². The van der Waals surface area contributed by atoms with Crippen LogP contribution in [0.3, 0.4) is 0 Å². The lowest BCUT2D eigenvalue weighted by molar-refractivity contribution is -0.134. The van der Waals surface area contributed by atoms with Gasteiger partial charge in [0.15, 0.2) is 0 Å². The predicted molar refractivity (Wildman–Crippen MR) is 102 cm³/mol. The summed E-state index contributed by atoms with van der Waals surface area (Å²) in [7, 11) is 0. The summed E-state index contributed by atoms with van der Waals surface area (Å²) in [6.45, 7) is 6.97. The van der Waals surface area contributed by atoms with E-state index >= 15 is 0 Å². The van der Waals surface area contributed by atoms with Gasteiger partial charge < -0.3 is 4.90 Å². The maximum absolute atomic E-state index is 13.0. The molecule has 0 saturated carbocycles. The highest BCUT2D eigenvalue weighted by Crippen LogP contribution is 2.14. The number of nitrogens with zero attached hydrogens (tertiary/aromatic N) is 4. The van der Waals surface area contributed by atoms with Crippen LogP contribution in [-0.4, -0.2) is 31.0 Å². The summed E-state index contributed by atoms with van der Waals surface area (Å²) in [4.78, 5) is 31.6. The number of aromatic nitrogens is 3. The van der Waals surface area contributed by atoms with Crippen LogP contribution in [0, 0.1) is 0 Å². The Hall–Kier alpha value is -2.89. The molecule has 2 heterocycles. The Morgan fingerprint density at radius 2 is 1.81 bits per heavy atom. The van der Waals surface area contributed by atoms with Gasteiger partial charge in [-0.2, -0.15) is 0 Å². The van der Waals surface area contributed by atoms with Crippen molar-refractivity contribution in [3.05, 3.63) is 64.8 Å². The highest BCUT2D eigenvalue weighted by molar-refractivity contribution is 5.81. The van der Waals surface area contributed by atoms with Crippen molar-refractivity contribution in [1.82, 2.24) is 19.0 Å². The molecule has 0 bridgehead atoms. The number of hydrogen-bond acceptors (Lipinski definition) is 3. The normalized spacial score (nSPS) is 11.2. The topological polar surface area (TPSA) is 60.1 Å². The zero-order chi connectivity index (χ0) is 18.7. The van der Waals surface area contributed by atoms with Crippen LogP contribution in [0.4, 0.5) is 0 Å². The number of hydrogen-bond donors (Lipinski definition) is 0. The van der Waals surface area contributed by atoms with Gasteiger partial charge in [0, 0.05) is 31.5 Å². The first kappa shape index (κ1) is 17.9. The van der Waals surface area contributed by atoms with E-state index in [1.165, 1.54) is 0 Å². The third-order valence-electron chi connectivity index (χ3n) is 4.55. The van der Waals surface area contributed by atoms with E-state index in [-0.39, 0.29) is 24.2 Å². The minimum atomic E-state index is -0.146. The molecule has 0 aliphatic rings. The number of rotatable bonds is 6. The molecule has 0 saturated heterocycles. The number of carbonyl (C=O) groups is 1. The van der Waals surface area contributed by atoms with Crippen molar-refractivity contribution in [3.8, 4) is 0 Å². The van der Waals surface area contributed by atoms with E-state index in [1.54, 1.807) is 26.4 Å². The highest BCUT2D eigenvalue weighted by atomic mass is 16.2. The molecule has 1 amide bonds. The van der Waals surface area contributed by atoms with Crippen molar-refractivity contribution < 1.29 is 4.79 Å². The second kappa shape index (κ2) is 7.56. The number of para-hydroxylation sites is 2. The van der Waals surface area contributed by atoms with Crippen LogP contribution in [0.15, 0.2) is 53.6 Å². The van der Waals surface area contributed by atoms with E-state index in [0.717, 1.165) is 16.6 Å². The van der Waals surface area contributed by atoms with Crippen LogP contribution in [0.2, 0.25) is 0 Å². The number of imidazole rings is 1. The van der Waals surface area contributed by atoms with Crippen LogP contribution in [0.25, 0.3) is 11.0 Å². The van der Waals surface area contributed by atoms with Gasteiger partial charge in [-0.1, -0.05) is 18.2 Å². The molecule has 0 radical (unpaired) electrons. The third kappa shape index (κ3) is 3.40. The summed E-state index contributed by atoms with van der Waals surface area (Å²) in [5.74, 6) is -0.0787. The summed E-state index contributed by atoms with van der Waals surface area (Å²) >= 11 is 0. The maximum Gasteiger partial charge on any atom is 0.329 e. The molecule has 6 nitrogen and oxygen atoms in total. The Kier molecular flexibility index (Phi) is 5.21. The Bertz CT molecular complexity index is 957. The van der Waals surface area contributed by atoms with E-state index in [0.29, 0.717) is 13.1 Å². The minimum Gasteiger partial charge on any atom is -0.334 e. The van der Waals surface area contributed by atoms with Crippen LogP contribution in [0.5, 0.6) is 0 Å². The molecule has 26 heavy (non-hydrogen) atoms. The number of pyridine rings is 1. The average molecular weight is 352 g/mol. The Balaban J connectivity index is 1.92. The molecule has 2 aromatic heterocycles. The molecule has 0 aliphatic heterocycles. The van der Waals surface area contributed by atoms with Crippen molar-refractivity contribution in [2.45, 2.75) is 46.4 Å². The summed E-state index contributed by atoms with van der Waals surface area (Å²) in [6, 6.07) is 11.4. The van der Waals surface area contributed by atoms with E-state index in [4.69, 9.17) is 0 Å². The molecule has 0 N–H and O–H groups in total. The maximum atomic E-state index is 13.0. The fraction of sp³-hybridized carbons (Fsp3) is 0.350. The zero-order valence-electron chi connectivity index (χ0n) is 15.4. The quantitative estimate of drug-likeness (QED) is 0.685. The number of benzene rings is 1. The molecular formula is C20H24N4O2. The first-order chi connectivity index (χ1) is 12.5. The molecule has 0 aliphatic carbocycles. The largest absolute Gasteiger partial charge is 0.334 e. The monoisotopic (exact) mass is 352 g/mol. The van der Waals surface area contributed by atoms with Gasteiger partial charge in [0.2, 0.25) is 5.91 Å². The van der Waals surface area contributed by atoms with Crippen molar-refractivity contribution in [1.29, 1.82) is 0 Å². The number of fused-ring (bicyclic) bond motifs is 1. The van der Waals surface area contributed by atoms with Crippen molar-refractivity contribution >= 4 is 16.9 Å². The molecule has 0 spiro atoms. The van der Waals surface area contributed by atoms with Crippen LogP contribution >= 0.6 is 0 Å². The standard InChI is InChI=1S/C20H24N4O2/c1-4-22-17-9-5-6-10-18(17)24(20(22)26)14-19(25)23(15(2)3)13-16-8-7-11-21-12-16/h5-12,15H,4,13-14H2,1-3H3. The smallest absolute Gasteiger partial charge is 0.329 e. The Labute approximate surface area is 152 Å². The third-order valence-corrected chi connectivity index (χ3v) is 4.55. The lowest BCUT2D eigenvalue weighted by Crippen LogP contribution is -2.40. The van der Waals surface area contributed by atoms with Gasteiger partial charge in [0.1, 0.15) is 6.54 Å². The number of carbonyl (C=O) groups excluding carboxylic acids is 1. The van der Waals surface area contributed by atoms with Gasteiger partial charge in [0.25, 0.3) is 0 Å². The van der Waals surface area contributed by atoms with E-state index in [1.807, 2.05) is 57.2 Å². The lowest BCUT2D eigenvalue weighted by Gasteiger charge is -2.27. The molecular weight excluding hydrogens is 328 g/mol. The van der Waals surface area contributed by atoms with Crippen LogP contribution in [-0.2, 0) is 24.4 Å². The summed E-state index contributed by atoms with van der Waals surface area (Å²) < 4.78 is 3.27. The molecule has 6 heteroatoms. The second-order valence-electron chi connectivity index (χ2n) is 6.58. The summed E-state index contributed by atoms with van der Waals surface area (Å²) in [6.07, 6.45) is 3.47. The van der Waals surface area contributed by atoms with Crippen LogP contribution in [0.1, 0.15) is 26.3 Å². The molecule has 0 atom stereocenters. The lowest BCUT2D eigenvalue weighted by atomic mass is 10.2. The summed E-state index contributed by atoms with van der Waals surface area (Å²) in [5.41, 5.74) is 2.47. The van der Waals surface area contributed by atoms with Gasteiger partial charge in [-0.15, -0.1) is 0 Å². The SMILES string of the molecule is CCn1c(=O)n(CC(=O)N(Cc2cccnc2)C(C)C)c2ccccc21. The van der Waals surface area contributed by atoms with Crippen LogP contribution < -0.4 is 5.69 Å². The van der Waals surface area contributed by atoms with Gasteiger partial charge >= 0.3 is 5.69 Å².